The summed E-state index contributed by atoms with van der Waals surface area (Å²) in [5.41, 5.74) is -0.509. The summed E-state index contributed by atoms with van der Waals surface area (Å²) in [7, 11) is 0. The lowest BCUT2D eigenvalue weighted by Crippen LogP contribution is -2.38. The van der Waals surface area contributed by atoms with Crippen molar-refractivity contribution in [1.29, 1.82) is 0 Å². The van der Waals surface area contributed by atoms with Gasteiger partial charge in [-0.15, -0.1) is 0 Å². The SMILES string of the molecule is CC(C)(C)OC(=O)NCC(O)C1CO1. The number of ether oxygens (including phenoxy) is 2. The van der Waals surface area contributed by atoms with Crippen LogP contribution >= 0.6 is 0 Å². The molecule has 0 saturated carbocycles. The highest BCUT2D eigenvalue weighted by molar-refractivity contribution is 5.67. The number of amides is 1. The topological polar surface area (TPSA) is 71.1 Å². The predicted molar refractivity (Wildman–Crippen MR) is 50.0 cm³/mol. The van der Waals surface area contributed by atoms with Crippen molar-refractivity contribution in [2.45, 2.75) is 38.6 Å². The average Bonchev–Trinajstić information content (AvgIpc) is 2.78. The molecular formula is C9H17NO4. The van der Waals surface area contributed by atoms with Crippen LogP contribution in [0.3, 0.4) is 0 Å². The van der Waals surface area contributed by atoms with Crippen LogP contribution in [-0.4, -0.2) is 42.2 Å². The molecule has 0 radical (unpaired) electrons. The third-order valence-corrected chi connectivity index (χ3v) is 1.64. The van der Waals surface area contributed by atoms with Gasteiger partial charge in [0.05, 0.1) is 12.7 Å². The van der Waals surface area contributed by atoms with E-state index in [-0.39, 0.29) is 12.6 Å². The molecular weight excluding hydrogens is 186 g/mol. The van der Waals surface area contributed by atoms with Gasteiger partial charge in [0.2, 0.25) is 0 Å². The summed E-state index contributed by atoms with van der Waals surface area (Å²) >= 11 is 0. The van der Waals surface area contributed by atoms with Crippen molar-refractivity contribution < 1.29 is 19.4 Å². The van der Waals surface area contributed by atoms with E-state index in [0.717, 1.165) is 0 Å². The lowest BCUT2D eigenvalue weighted by atomic mass is 10.2. The third kappa shape index (κ3) is 4.43. The number of nitrogens with one attached hydrogen (secondary N) is 1. The van der Waals surface area contributed by atoms with Gasteiger partial charge in [-0.25, -0.2) is 4.79 Å². The molecule has 5 nitrogen and oxygen atoms in total. The van der Waals surface area contributed by atoms with Gasteiger partial charge in [0.15, 0.2) is 0 Å². The first kappa shape index (κ1) is 11.3. The lowest BCUT2D eigenvalue weighted by molar-refractivity contribution is 0.0478. The maximum absolute atomic E-state index is 11.1. The van der Waals surface area contributed by atoms with E-state index < -0.39 is 17.8 Å². The van der Waals surface area contributed by atoms with Crippen molar-refractivity contribution in [1.82, 2.24) is 5.32 Å². The summed E-state index contributed by atoms with van der Waals surface area (Å²) in [5, 5.41) is 11.8. The smallest absolute Gasteiger partial charge is 0.407 e. The molecule has 1 amide bonds. The number of carbonyl (C=O) groups is 1. The van der Waals surface area contributed by atoms with E-state index >= 15 is 0 Å². The van der Waals surface area contributed by atoms with Gasteiger partial charge >= 0.3 is 6.09 Å². The number of aliphatic hydroxyl groups is 1. The van der Waals surface area contributed by atoms with Crippen LogP contribution in [0.1, 0.15) is 20.8 Å². The zero-order valence-corrected chi connectivity index (χ0v) is 8.74. The van der Waals surface area contributed by atoms with Crippen LogP contribution in [0.2, 0.25) is 0 Å². The van der Waals surface area contributed by atoms with Crippen LogP contribution in [0.4, 0.5) is 4.79 Å². The Hall–Kier alpha value is -0.810. The number of carbonyl (C=O) groups excluding carboxylic acids is 1. The summed E-state index contributed by atoms with van der Waals surface area (Å²) in [6.45, 7) is 6.09. The first-order valence-corrected chi connectivity index (χ1v) is 4.65. The van der Waals surface area contributed by atoms with E-state index in [1.165, 1.54) is 0 Å². The normalized spacial score (nSPS) is 22.7. The van der Waals surface area contributed by atoms with Gasteiger partial charge in [0.1, 0.15) is 11.7 Å². The largest absolute Gasteiger partial charge is 0.444 e. The molecule has 82 valence electrons. The predicted octanol–water partition coefficient (Wildman–Crippen LogP) is 0.271. The number of rotatable bonds is 3. The van der Waals surface area contributed by atoms with Crippen molar-refractivity contribution in [2.75, 3.05) is 13.2 Å². The molecule has 0 spiro atoms. The van der Waals surface area contributed by atoms with Gasteiger partial charge in [-0.3, -0.25) is 0 Å². The van der Waals surface area contributed by atoms with E-state index in [2.05, 4.69) is 5.32 Å². The van der Waals surface area contributed by atoms with Crippen LogP contribution in [0, 0.1) is 0 Å². The van der Waals surface area contributed by atoms with Crippen LogP contribution in [0.15, 0.2) is 0 Å². The molecule has 1 fully saturated rings. The molecule has 2 N–H and O–H groups in total. The van der Waals surface area contributed by atoms with Gasteiger partial charge in [-0.2, -0.15) is 0 Å². The van der Waals surface area contributed by atoms with Gasteiger partial charge < -0.3 is 19.9 Å². The van der Waals surface area contributed by atoms with E-state index in [0.29, 0.717) is 6.61 Å². The summed E-state index contributed by atoms with van der Waals surface area (Å²) < 4.78 is 9.85. The van der Waals surface area contributed by atoms with E-state index in [1.54, 1.807) is 20.8 Å². The molecule has 5 heteroatoms. The summed E-state index contributed by atoms with van der Waals surface area (Å²) in [6.07, 6.45) is -1.27. The third-order valence-electron chi connectivity index (χ3n) is 1.64. The Bertz CT molecular complexity index is 207. The van der Waals surface area contributed by atoms with Crippen molar-refractivity contribution >= 4 is 6.09 Å². The van der Waals surface area contributed by atoms with E-state index in [1.807, 2.05) is 0 Å². The van der Waals surface area contributed by atoms with Gasteiger partial charge in [-0.05, 0) is 20.8 Å². The first-order chi connectivity index (χ1) is 6.38. The second-order valence-corrected chi connectivity index (χ2v) is 4.32. The summed E-state index contributed by atoms with van der Waals surface area (Å²) in [4.78, 5) is 11.1. The lowest BCUT2D eigenvalue weighted by Gasteiger charge is -2.20. The second kappa shape index (κ2) is 4.14. The Morgan fingerprint density at radius 1 is 1.71 bits per heavy atom. The summed E-state index contributed by atoms with van der Waals surface area (Å²) in [6, 6.07) is 0. The van der Waals surface area contributed by atoms with Crippen molar-refractivity contribution in [2.24, 2.45) is 0 Å². The number of alkyl carbamates (subject to hydrolysis) is 1. The van der Waals surface area contributed by atoms with Crippen LogP contribution < -0.4 is 5.32 Å². The van der Waals surface area contributed by atoms with Crippen molar-refractivity contribution in [3.05, 3.63) is 0 Å². The minimum Gasteiger partial charge on any atom is -0.444 e. The number of hydrogen-bond donors (Lipinski definition) is 2. The minimum absolute atomic E-state index is 0.120. The highest BCUT2D eigenvalue weighted by Crippen LogP contribution is 2.13. The Morgan fingerprint density at radius 2 is 2.29 bits per heavy atom. The first-order valence-electron chi connectivity index (χ1n) is 4.65. The Balaban J connectivity index is 2.14. The van der Waals surface area contributed by atoms with Gasteiger partial charge in [0, 0.05) is 6.54 Å². The highest BCUT2D eigenvalue weighted by Gasteiger charge is 2.31. The maximum Gasteiger partial charge on any atom is 0.407 e. The Labute approximate surface area is 83.4 Å². The molecule has 1 rings (SSSR count). The van der Waals surface area contributed by atoms with Gasteiger partial charge in [0.25, 0.3) is 0 Å². The molecule has 0 aliphatic carbocycles. The second-order valence-electron chi connectivity index (χ2n) is 4.32. The molecule has 0 aromatic carbocycles. The molecule has 2 atom stereocenters. The zero-order valence-electron chi connectivity index (χ0n) is 8.74. The molecule has 1 aliphatic rings. The molecule has 2 unspecified atom stereocenters. The molecule has 1 saturated heterocycles. The Kier molecular flexibility index (Phi) is 3.34. The van der Waals surface area contributed by atoms with Crippen LogP contribution in [0.5, 0.6) is 0 Å². The fourth-order valence-electron chi connectivity index (χ4n) is 0.911. The number of epoxide rings is 1. The fraction of sp³-hybridized carbons (Fsp3) is 0.889. The average molecular weight is 203 g/mol. The molecule has 0 aromatic rings. The van der Waals surface area contributed by atoms with E-state index in [4.69, 9.17) is 9.47 Å². The van der Waals surface area contributed by atoms with Crippen molar-refractivity contribution in [3.8, 4) is 0 Å². The highest BCUT2D eigenvalue weighted by atomic mass is 16.6. The zero-order chi connectivity index (χ0) is 10.8. The van der Waals surface area contributed by atoms with Crippen LogP contribution in [-0.2, 0) is 9.47 Å². The number of hydrogen-bond acceptors (Lipinski definition) is 4. The standard InChI is InChI=1S/C9H17NO4/c1-9(2,3)14-8(12)10-4-6(11)7-5-13-7/h6-7,11H,4-5H2,1-3H3,(H,10,12). The Morgan fingerprint density at radius 3 is 2.71 bits per heavy atom. The van der Waals surface area contributed by atoms with Gasteiger partial charge in [-0.1, -0.05) is 0 Å². The van der Waals surface area contributed by atoms with Crippen LogP contribution in [0.25, 0.3) is 0 Å². The molecule has 0 aromatic heterocycles. The fourth-order valence-corrected chi connectivity index (χ4v) is 0.911. The molecule has 1 aliphatic heterocycles. The van der Waals surface area contributed by atoms with Crippen molar-refractivity contribution in [3.63, 3.8) is 0 Å². The summed E-state index contributed by atoms with van der Waals surface area (Å²) in [5.74, 6) is 0. The minimum atomic E-state index is -0.637. The number of aliphatic hydroxyl groups excluding tert-OH is 1. The molecule has 0 bridgehead atoms. The van der Waals surface area contributed by atoms with E-state index in [9.17, 15) is 9.90 Å². The molecule has 1 heterocycles. The quantitative estimate of drug-likeness (QED) is 0.646. The monoisotopic (exact) mass is 203 g/mol. The maximum atomic E-state index is 11.1. The molecule has 14 heavy (non-hydrogen) atoms.